The maximum Gasteiger partial charge on any atom is 0.294 e. The van der Waals surface area contributed by atoms with Crippen LogP contribution in [0, 0.1) is 11.8 Å². The van der Waals surface area contributed by atoms with Crippen LogP contribution in [-0.2, 0) is 19.9 Å². The van der Waals surface area contributed by atoms with E-state index in [-0.39, 0.29) is 23.8 Å². The fraction of sp³-hybridized carbons (Fsp3) is 0.292. The van der Waals surface area contributed by atoms with Gasteiger partial charge in [-0.3, -0.25) is 14.4 Å². The van der Waals surface area contributed by atoms with E-state index < -0.39 is 17.4 Å². The molecule has 152 valence electrons. The molecular weight excluding hydrogens is 378 g/mol. The van der Waals surface area contributed by atoms with Gasteiger partial charge in [0.2, 0.25) is 17.4 Å². The Kier molecular flexibility index (Phi) is 3.98. The molecule has 2 N–H and O–H groups in total. The van der Waals surface area contributed by atoms with Crippen LogP contribution in [0.5, 0.6) is 0 Å². The summed E-state index contributed by atoms with van der Waals surface area (Å²) in [5.41, 5.74) is 1.91. The van der Waals surface area contributed by atoms with Crippen molar-refractivity contribution in [3.05, 3.63) is 72.3 Å². The third-order valence-corrected chi connectivity index (χ3v) is 6.62. The second-order valence-electron chi connectivity index (χ2n) is 8.61. The van der Waals surface area contributed by atoms with Gasteiger partial charge in [0.25, 0.3) is 5.91 Å². The Morgan fingerprint density at radius 1 is 1.03 bits per heavy atom. The highest BCUT2D eigenvalue weighted by Gasteiger charge is 2.74. The summed E-state index contributed by atoms with van der Waals surface area (Å²) in [4.78, 5) is 43.9. The Balaban J connectivity index is 1.67. The number of para-hydroxylation sites is 2. The van der Waals surface area contributed by atoms with Crippen molar-refractivity contribution in [2.24, 2.45) is 11.8 Å². The third-order valence-electron chi connectivity index (χ3n) is 6.62. The van der Waals surface area contributed by atoms with Gasteiger partial charge in [0.05, 0.1) is 17.4 Å². The van der Waals surface area contributed by atoms with E-state index >= 15 is 0 Å². The van der Waals surface area contributed by atoms with Crippen LogP contribution in [-0.4, -0.2) is 30.3 Å². The lowest BCUT2D eigenvalue weighted by Gasteiger charge is -2.27. The first kappa shape index (κ1) is 18.8. The van der Waals surface area contributed by atoms with Crippen LogP contribution in [0.4, 0.5) is 11.4 Å². The normalized spacial score (nSPS) is 29.7. The Labute approximate surface area is 175 Å². The van der Waals surface area contributed by atoms with Crippen molar-refractivity contribution < 1.29 is 19.7 Å². The zero-order chi connectivity index (χ0) is 21.2. The van der Waals surface area contributed by atoms with Crippen molar-refractivity contribution in [2.75, 3.05) is 16.3 Å². The van der Waals surface area contributed by atoms with Crippen LogP contribution in [0.2, 0.25) is 0 Å². The van der Waals surface area contributed by atoms with Crippen molar-refractivity contribution in [3.8, 4) is 0 Å². The highest BCUT2D eigenvalue weighted by atomic mass is 16.2. The lowest BCUT2D eigenvalue weighted by atomic mass is 9.76. The van der Waals surface area contributed by atoms with Crippen LogP contribution in [0.1, 0.15) is 19.4 Å². The van der Waals surface area contributed by atoms with Crippen LogP contribution in [0.25, 0.3) is 0 Å². The molecule has 6 nitrogen and oxygen atoms in total. The van der Waals surface area contributed by atoms with Gasteiger partial charge in [-0.2, -0.15) is 0 Å². The lowest BCUT2D eigenvalue weighted by Crippen LogP contribution is -2.98. The summed E-state index contributed by atoms with van der Waals surface area (Å²) in [6.07, 6.45) is 0. The second-order valence-corrected chi connectivity index (χ2v) is 8.61. The highest BCUT2D eigenvalue weighted by molar-refractivity contribution is 6.25. The average molecular weight is 402 g/mol. The molecule has 6 heteroatoms. The van der Waals surface area contributed by atoms with Gasteiger partial charge in [-0.15, -0.1) is 0 Å². The number of hydrogen-bond acceptors (Lipinski definition) is 3. The highest BCUT2D eigenvalue weighted by Crippen LogP contribution is 2.51. The minimum Gasteiger partial charge on any atom is -0.326 e. The fourth-order valence-electron chi connectivity index (χ4n) is 5.55. The van der Waals surface area contributed by atoms with E-state index in [4.69, 9.17) is 0 Å². The molecule has 3 heterocycles. The molecule has 2 aromatic rings. The number of nitrogens with zero attached hydrogens (tertiary/aromatic N) is 2. The Morgan fingerprint density at radius 2 is 1.70 bits per heavy atom. The molecule has 0 radical (unpaired) electrons. The molecule has 30 heavy (non-hydrogen) atoms. The summed E-state index contributed by atoms with van der Waals surface area (Å²) in [6.45, 7) is 8.17. The van der Waals surface area contributed by atoms with Gasteiger partial charge < -0.3 is 10.2 Å². The molecule has 3 amide bonds. The van der Waals surface area contributed by atoms with Gasteiger partial charge in [0.1, 0.15) is 11.8 Å². The van der Waals surface area contributed by atoms with Crippen molar-refractivity contribution in [2.45, 2.75) is 25.4 Å². The summed E-state index contributed by atoms with van der Waals surface area (Å²) in [6, 6.07) is 16.4. The quantitative estimate of drug-likeness (QED) is 0.626. The predicted molar refractivity (Wildman–Crippen MR) is 113 cm³/mol. The number of hydrogen-bond donors (Lipinski definition) is 1. The molecule has 2 aromatic carbocycles. The number of anilines is 2. The number of carbonyl (C=O) groups is 3. The number of rotatable bonds is 3. The molecule has 4 atom stereocenters. The van der Waals surface area contributed by atoms with Gasteiger partial charge in [-0.25, -0.2) is 4.90 Å². The van der Waals surface area contributed by atoms with Gasteiger partial charge >= 0.3 is 0 Å². The van der Waals surface area contributed by atoms with Crippen molar-refractivity contribution in [3.63, 3.8) is 0 Å². The fourth-order valence-corrected chi connectivity index (χ4v) is 5.55. The summed E-state index contributed by atoms with van der Waals surface area (Å²) in [7, 11) is 0. The summed E-state index contributed by atoms with van der Waals surface area (Å²) in [5, 5.41) is 1.94. The minimum absolute atomic E-state index is 0.137. The summed E-state index contributed by atoms with van der Waals surface area (Å²) >= 11 is 0. The van der Waals surface area contributed by atoms with E-state index in [2.05, 4.69) is 6.58 Å². The largest absolute Gasteiger partial charge is 0.326 e. The minimum atomic E-state index is -1.12. The summed E-state index contributed by atoms with van der Waals surface area (Å²) < 4.78 is 0. The molecule has 0 aliphatic carbocycles. The van der Waals surface area contributed by atoms with E-state index in [9.17, 15) is 14.4 Å². The lowest BCUT2D eigenvalue weighted by molar-refractivity contribution is -0.730. The van der Waals surface area contributed by atoms with E-state index in [1.165, 1.54) is 4.90 Å². The molecule has 2 saturated heterocycles. The Hall–Kier alpha value is -3.25. The molecule has 5 rings (SSSR count). The number of benzene rings is 2. The number of imide groups is 1. The first-order valence-corrected chi connectivity index (χ1v) is 10.2. The number of carbonyl (C=O) groups excluding carboxylic acids is 3. The molecule has 0 bridgehead atoms. The first-order valence-electron chi connectivity index (χ1n) is 10.2. The van der Waals surface area contributed by atoms with Gasteiger partial charge in [0.15, 0.2) is 0 Å². The second kappa shape index (κ2) is 6.37. The van der Waals surface area contributed by atoms with Crippen molar-refractivity contribution >= 4 is 29.1 Å². The topological polar surface area (TPSA) is 74.3 Å². The van der Waals surface area contributed by atoms with Gasteiger partial charge in [0, 0.05) is 12.1 Å². The molecule has 3 aliphatic rings. The van der Waals surface area contributed by atoms with Crippen LogP contribution in [0.15, 0.2) is 66.7 Å². The maximum atomic E-state index is 13.9. The zero-order valence-electron chi connectivity index (χ0n) is 17.0. The zero-order valence-corrected chi connectivity index (χ0v) is 17.0. The SMILES string of the molecule is C=C(C)CN1C(=O)[C@]2([NH2+][C@@H](C)[C@H]3C(=O)N(c4ccccc4)C(=O)[C@H]32)c2ccccc21. The van der Waals surface area contributed by atoms with E-state index in [0.717, 1.165) is 16.8 Å². The maximum absolute atomic E-state index is 13.9. The molecular formula is C24H24N3O3+. The first-order chi connectivity index (χ1) is 14.4. The molecule has 3 aliphatic heterocycles. The van der Waals surface area contributed by atoms with Gasteiger partial charge in [-0.1, -0.05) is 48.6 Å². The monoisotopic (exact) mass is 402 g/mol. The number of nitrogens with two attached hydrogens (primary N) is 1. The molecule has 1 spiro atoms. The van der Waals surface area contributed by atoms with Crippen LogP contribution in [0.3, 0.4) is 0 Å². The number of quaternary nitrogens is 1. The average Bonchev–Trinajstić information content (AvgIpc) is 3.27. The van der Waals surface area contributed by atoms with Crippen LogP contribution >= 0.6 is 0 Å². The number of fused-ring (bicyclic) bond motifs is 4. The van der Waals surface area contributed by atoms with E-state index in [0.29, 0.717) is 12.2 Å². The standard InChI is InChI=1S/C24H23N3O3/c1-14(2)13-26-18-12-8-7-11-17(18)24(23(26)30)20-19(15(3)25-24)21(28)27(22(20)29)16-9-5-4-6-10-16/h4-12,15,19-20,25H,1,13H2,2-3H3/p+1/t15-,19+,20-,24-/m0/s1. The number of amides is 3. The van der Waals surface area contributed by atoms with Crippen LogP contribution < -0.4 is 15.1 Å². The van der Waals surface area contributed by atoms with Crippen molar-refractivity contribution in [1.29, 1.82) is 0 Å². The molecule has 0 unspecified atom stereocenters. The smallest absolute Gasteiger partial charge is 0.294 e. The molecule has 0 saturated carbocycles. The third kappa shape index (κ3) is 2.25. The van der Waals surface area contributed by atoms with E-state index in [1.807, 2.05) is 49.5 Å². The summed E-state index contributed by atoms with van der Waals surface area (Å²) in [5.74, 6) is -1.93. The Bertz CT molecular complexity index is 1100. The molecule has 0 aromatic heterocycles. The van der Waals surface area contributed by atoms with Gasteiger partial charge in [-0.05, 0) is 32.0 Å². The van der Waals surface area contributed by atoms with E-state index in [1.54, 1.807) is 29.2 Å². The van der Waals surface area contributed by atoms with Crippen molar-refractivity contribution in [1.82, 2.24) is 0 Å². The predicted octanol–water partition coefficient (Wildman–Crippen LogP) is 1.58. The molecule has 2 fully saturated rings. The Morgan fingerprint density at radius 3 is 2.40 bits per heavy atom.